The lowest BCUT2D eigenvalue weighted by atomic mass is 10.2. The maximum atomic E-state index is 12.5. The van der Waals surface area contributed by atoms with Crippen LogP contribution < -0.4 is 14.8 Å². The van der Waals surface area contributed by atoms with Crippen molar-refractivity contribution in [3.8, 4) is 23.0 Å². The van der Waals surface area contributed by atoms with Gasteiger partial charge in [0.2, 0.25) is 5.89 Å². The molecular formula is C18H17N3O6S. The highest BCUT2D eigenvalue weighted by molar-refractivity contribution is 7.90. The number of ether oxygens (including phenoxy) is 2. The number of nitrogens with one attached hydrogen (secondary N) is 1. The molecule has 0 aliphatic carbocycles. The molecule has 0 atom stereocenters. The SMILES string of the molecule is COc1ccc(C(=O)Nc2nnc(-c3ccc(S(C)(=O)=O)cc3)o2)c(OC)c1. The number of nitrogens with zero attached hydrogens (tertiary/aromatic N) is 2. The molecule has 10 heteroatoms. The molecule has 1 aromatic heterocycles. The topological polar surface area (TPSA) is 121 Å². The van der Waals surface area contributed by atoms with Crippen LogP contribution in [0.25, 0.3) is 11.5 Å². The van der Waals surface area contributed by atoms with Crippen molar-refractivity contribution in [1.82, 2.24) is 10.2 Å². The van der Waals surface area contributed by atoms with Crippen molar-refractivity contribution in [3.05, 3.63) is 48.0 Å². The Morgan fingerprint density at radius 3 is 2.36 bits per heavy atom. The van der Waals surface area contributed by atoms with Crippen LogP contribution in [0.1, 0.15) is 10.4 Å². The summed E-state index contributed by atoms with van der Waals surface area (Å²) in [4.78, 5) is 12.6. The third kappa shape index (κ3) is 4.12. The number of anilines is 1. The van der Waals surface area contributed by atoms with E-state index < -0.39 is 15.7 Å². The molecule has 1 heterocycles. The predicted molar refractivity (Wildman–Crippen MR) is 100 cm³/mol. The summed E-state index contributed by atoms with van der Waals surface area (Å²) < 4.78 is 38.8. The minimum atomic E-state index is -3.30. The van der Waals surface area contributed by atoms with E-state index in [0.29, 0.717) is 17.1 Å². The molecule has 146 valence electrons. The molecule has 0 saturated carbocycles. The van der Waals surface area contributed by atoms with Crippen LogP contribution in [0.15, 0.2) is 51.8 Å². The molecule has 28 heavy (non-hydrogen) atoms. The Morgan fingerprint density at radius 2 is 1.75 bits per heavy atom. The van der Waals surface area contributed by atoms with E-state index in [0.717, 1.165) is 6.26 Å². The van der Waals surface area contributed by atoms with Crippen LogP contribution in [0, 0.1) is 0 Å². The summed E-state index contributed by atoms with van der Waals surface area (Å²) in [7, 11) is -0.347. The van der Waals surface area contributed by atoms with Crippen LogP contribution in [0.3, 0.4) is 0 Å². The third-order valence-electron chi connectivity index (χ3n) is 3.83. The molecule has 0 spiro atoms. The second-order valence-electron chi connectivity index (χ2n) is 5.73. The Bertz CT molecular complexity index is 1110. The van der Waals surface area contributed by atoms with E-state index in [2.05, 4.69) is 15.5 Å². The number of carbonyl (C=O) groups excluding carboxylic acids is 1. The Balaban J connectivity index is 1.79. The van der Waals surface area contributed by atoms with Gasteiger partial charge in [0.15, 0.2) is 9.84 Å². The van der Waals surface area contributed by atoms with Gasteiger partial charge in [-0.25, -0.2) is 8.42 Å². The number of benzene rings is 2. The van der Waals surface area contributed by atoms with E-state index >= 15 is 0 Å². The standard InChI is InChI=1S/C18H17N3O6S/c1-25-12-6-9-14(15(10-12)26-2)16(22)19-18-21-20-17(27-18)11-4-7-13(8-5-11)28(3,23)24/h4-10H,1-3H3,(H,19,21,22). The fourth-order valence-electron chi connectivity index (χ4n) is 2.39. The Labute approximate surface area is 161 Å². The molecule has 0 radical (unpaired) electrons. The molecule has 0 fully saturated rings. The van der Waals surface area contributed by atoms with E-state index in [1.54, 1.807) is 30.3 Å². The summed E-state index contributed by atoms with van der Waals surface area (Å²) >= 11 is 0. The van der Waals surface area contributed by atoms with Crippen molar-refractivity contribution in [2.24, 2.45) is 0 Å². The smallest absolute Gasteiger partial charge is 0.322 e. The van der Waals surface area contributed by atoms with Crippen molar-refractivity contribution in [3.63, 3.8) is 0 Å². The van der Waals surface area contributed by atoms with Crippen LogP contribution in [-0.2, 0) is 9.84 Å². The van der Waals surface area contributed by atoms with Crippen LogP contribution in [-0.4, -0.2) is 45.0 Å². The Morgan fingerprint density at radius 1 is 1.04 bits per heavy atom. The summed E-state index contributed by atoms with van der Waals surface area (Å²) in [6, 6.07) is 10.6. The minimum Gasteiger partial charge on any atom is -0.497 e. The first kappa shape index (κ1) is 19.4. The van der Waals surface area contributed by atoms with Crippen molar-refractivity contribution in [1.29, 1.82) is 0 Å². The molecule has 0 aliphatic rings. The number of methoxy groups -OCH3 is 2. The van der Waals surface area contributed by atoms with Crippen molar-refractivity contribution >= 4 is 21.8 Å². The van der Waals surface area contributed by atoms with Gasteiger partial charge in [-0.15, -0.1) is 5.10 Å². The van der Waals surface area contributed by atoms with E-state index in [9.17, 15) is 13.2 Å². The molecular weight excluding hydrogens is 386 g/mol. The average Bonchev–Trinajstić information content (AvgIpc) is 3.15. The van der Waals surface area contributed by atoms with Gasteiger partial charge >= 0.3 is 6.01 Å². The number of hydrogen-bond acceptors (Lipinski definition) is 8. The van der Waals surface area contributed by atoms with Gasteiger partial charge in [-0.3, -0.25) is 10.1 Å². The van der Waals surface area contributed by atoms with E-state index in [1.807, 2.05) is 0 Å². The summed E-state index contributed by atoms with van der Waals surface area (Å²) in [6.07, 6.45) is 1.12. The molecule has 3 aromatic rings. The van der Waals surface area contributed by atoms with Gasteiger partial charge in [-0.05, 0) is 36.4 Å². The summed E-state index contributed by atoms with van der Waals surface area (Å²) in [5.41, 5.74) is 0.781. The van der Waals surface area contributed by atoms with Crippen LogP contribution in [0.4, 0.5) is 6.01 Å². The second-order valence-corrected chi connectivity index (χ2v) is 7.74. The summed E-state index contributed by atoms with van der Waals surface area (Å²) in [5, 5.41) is 10.1. The maximum absolute atomic E-state index is 12.5. The number of hydrogen-bond donors (Lipinski definition) is 1. The van der Waals surface area contributed by atoms with Crippen molar-refractivity contribution in [2.75, 3.05) is 25.8 Å². The maximum Gasteiger partial charge on any atom is 0.322 e. The average molecular weight is 403 g/mol. The largest absolute Gasteiger partial charge is 0.497 e. The molecule has 3 rings (SSSR count). The van der Waals surface area contributed by atoms with Gasteiger partial charge in [-0.2, -0.15) is 0 Å². The lowest BCUT2D eigenvalue weighted by Crippen LogP contribution is -2.13. The van der Waals surface area contributed by atoms with Gasteiger partial charge < -0.3 is 13.9 Å². The highest BCUT2D eigenvalue weighted by Gasteiger charge is 2.17. The van der Waals surface area contributed by atoms with E-state index in [1.165, 1.54) is 26.4 Å². The zero-order chi connectivity index (χ0) is 20.3. The molecule has 0 unspecified atom stereocenters. The zero-order valence-electron chi connectivity index (χ0n) is 15.3. The Kier molecular flexibility index (Phi) is 5.32. The second kappa shape index (κ2) is 7.69. The molecule has 0 saturated heterocycles. The lowest BCUT2D eigenvalue weighted by molar-refractivity contribution is 0.102. The normalized spacial score (nSPS) is 11.1. The van der Waals surface area contributed by atoms with Crippen LogP contribution in [0.5, 0.6) is 11.5 Å². The molecule has 0 bridgehead atoms. The fourth-order valence-corrected chi connectivity index (χ4v) is 3.02. The lowest BCUT2D eigenvalue weighted by Gasteiger charge is -2.09. The highest BCUT2D eigenvalue weighted by Crippen LogP contribution is 2.26. The van der Waals surface area contributed by atoms with Gasteiger partial charge in [0, 0.05) is 17.9 Å². The minimum absolute atomic E-state index is 0.106. The summed E-state index contributed by atoms with van der Waals surface area (Å²) in [6.45, 7) is 0. The predicted octanol–water partition coefficient (Wildman–Crippen LogP) is 2.41. The summed E-state index contributed by atoms with van der Waals surface area (Å²) in [5.74, 6) is 0.512. The number of sulfone groups is 1. The Hall–Kier alpha value is -3.40. The first-order valence-corrected chi connectivity index (χ1v) is 9.88. The molecule has 0 aliphatic heterocycles. The van der Waals surface area contributed by atoms with Gasteiger partial charge in [0.25, 0.3) is 5.91 Å². The van der Waals surface area contributed by atoms with Crippen molar-refractivity contribution in [2.45, 2.75) is 4.90 Å². The number of amides is 1. The van der Waals surface area contributed by atoms with Crippen LogP contribution in [0.2, 0.25) is 0 Å². The fraction of sp³-hybridized carbons (Fsp3) is 0.167. The molecule has 9 nitrogen and oxygen atoms in total. The van der Waals surface area contributed by atoms with Gasteiger partial charge in [0.05, 0.1) is 24.7 Å². The van der Waals surface area contributed by atoms with Gasteiger partial charge in [-0.1, -0.05) is 5.10 Å². The quantitative estimate of drug-likeness (QED) is 0.666. The number of carbonyl (C=O) groups is 1. The zero-order valence-corrected chi connectivity index (χ0v) is 16.1. The van der Waals surface area contributed by atoms with E-state index in [4.69, 9.17) is 13.9 Å². The third-order valence-corrected chi connectivity index (χ3v) is 4.96. The molecule has 2 aromatic carbocycles. The number of rotatable bonds is 6. The molecule has 1 N–H and O–H groups in total. The monoisotopic (exact) mass is 403 g/mol. The molecule has 1 amide bonds. The number of aromatic nitrogens is 2. The van der Waals surface area contributed by atoms with Crippen molar-refractivity contribution < 1.29 is 27.1 Å². The van der Waals surface area contributed by atoms with E-state index in [-0.39, 0.29) is 22.4 Å². The first-order chi connectivity index (χ1) is 13.3. The van der Waals surface area contributed by atoms with Gasteiger partial charge in [0.1, 0.15) is 11.5 Å². The first-order valence-electron chi connectivity index (χ1n) is 7.99. The highest BCUT2D eigenvalue weighted by atomic mass is 32.2. The van der Waals surface area contributed by atoms with Crippen LogP contribution >= 0.6 is 0 Å².